The lowest BCUT2D eigenvalue weighted by Gasteiger charge is -2.42. The molecule has 0 radical (unpaired) electrons. The number of aryl methyl sites for hydroxylation is 1. The van der Waals surface area contributed by atoms with Crippen LogP contribution in [0.3, 0.4) is 0 Å². The number of rotatable bonds is 6. The molecule has 1 saturated carbocycles. The highest BCUT2D eigenvalue weighted by Crippen LogP contribution is 2.59. The quantitative estimate of drug-likeness (QED) is 0.407. The SMILES string of the molecule is C[C@H](CO)NC(=O)[C@@H]1CC[C@@]2(S(=O)(=O)c3ccc(F)cc3)c3ccc(C(C)(F)C(F)(F)F)cc3CC[C@@H]12. The lowest BCUT2D eigenvalue weighted by Crippen LogP contribution is -2.48. The van der Waals surface area contributed by atoms with E-state index in [1.807, 2.05) is 0 Å². The van der Waals surface area contributed by atoms with E-state index >= 15 is 0 Å². The van der Waals surface area contributed by atoms with Crippen LogP contribution in [-0.4, -0.2) is 38.3 Å². The van der Waals surface area contributed by atoms with Crippen molar-refractivity contribution in [1.29, 1.82) is 0 Å². The maximum Gasteiger partial charge on any atom is 0.426 e. The van der Waals surface area contributed by atoms with Gasteiger partial charge in [-0.05, 0) is 86.4 Å². The van der Waals surface area contributed by atoms with Gasteiger partial charge in [0.1, 0.15) is 10.6 Å². The van der Waals surface area contributed by atoms with Gasteiger partial charge in [0, 0.05) is 12.0 Å². The average Bonchev–Trinajstić information content (AvgIpc) is 3.25. The summed E-state index contributed by atoms with van der Waals surface area (Å²) >= 11 is 0. The van der Waals surface area contributed by atoms with Crippen molar-refractivity contribution in [1.82, 2.24) is 5.32 Å². The molecule has 0 spiro atoms. The molecule has 0 aliphatic heterocycles. The predicted molar refractivity (Wildman–Crippen MR) is 125 cm³/mol. The van der Waals surface area contributed by atoms with Crippen molar-refractivity contribution in [2.75, 3.05) is 6.61 Å². The second kappa shape index (κ2) is 9.34. The Kier molecular flexibility index (Phi) is 6.94. The molecule has 2 aromatic rings. The summed E-state index contributed by atoms with van der Waals surface area (Å²) in [4.78, 5) is 12.9. The zero-order chi connectivity index (χ0) is 27.4. The van der Waals surface area contributed by atoms with Crippen LogP contribution in [-0.2, 0) is 31.5 Å². The van der Waals surface area contributed by atoms with Crippen LogP contribution in [0.1, 0.15) is 49.8 Å². The maximum atomic E-state index is 14.8. The Morgan fingerprint density at radius 1 is 1.14 bits per heavy atom. The number of amides is 1. The van der Waals surface area contributed by atoms with Crippen LogP contribution >= 0.6 is 0 Å². The van der Waals surface area contributed by atoms with E-state index in [2.05, 4.69) is 5.32 Å². The van der Waals surface area contributed by atoms with Gasteiger partial charge in [-0.25, -0.2) is 17.2 Å². The first-order valence-corrected chi connectivity index (χ1v) is 13.5. The van der Waals surface area contributed by atoms with E-state index in [-0.39, 0.29) is 48.3 Å². The maximum absolute atomic E-state index is 14.8. The molecule has 0 heterocycles. The van der Waals surface area contributed by atoms with E-state index < -0.39 is 61.6 Å². The van der Waals surface area contributed by atoms with Gasteiger partial charge < -0.3 is 10.4 Å². The molecule has 4 rings (SSSR count). The smallest absolute Gasteiger partial charge is 0.394 e. The zero-order valence-electron chi connectivity index (χ0n) is 20.3. The van der Waals surface area contributed by atoms with Crippen LogP contribution in [0.15, 0.2) is 47.4 Å². The van der Waals surface area contributed by atoms with E-state index in [1.54, 1.807) is 6.92 Å². The van der Waals surface area contributed by atoms with Gasteiger partial charge in [-0.15, -0.1) is 0 Å². The van der Waals surface area contributed by atoms with E-state index in [0.29, 0.717) is 6.92 Å². The van der Waals surface area contributed by atoms with E-state index in [9.17, 15) is 40.3 Å². The van der Waals surface area contributed by atoms with E-state index in [4.69, 9.17) is 0 Å². The third-order valence-corrected chi connectivity index (χ3v) is 10.5. The lowest BCUT2D eigenvalue weighted by atomic mass is 9.72. The van der Waals surface area contributed by atoms with Crippen molar-refractivity contribution in [2.45, 2.75) is 67.1 Å². The van der Waals surface area contributed by atoms with Gasteiger partial charge in [0.15, 0.2) is 9.84 Å². The van der Waals surface area contributed by atoms with Crippen molar-refractivity contribution < 1.29 is 40.3 Å². The van der Waals surface area contributed by atoms with Crippen LogP contribution < -0.4 is 5.32 Å². The van der Waals surface area contributed by atoms with Crippen molar-refractivity contribution in [3.63, 3.8) is 0 Å². The molecular formula is C26H28F5NO4S. The summed E-state index contributed by atoms with van der Waals surface area (Å²) in [5.74, 6) is -2.53. The number of aliphatic hydroxyl groups is 1. The summed E-state index contributed by atoms with van der Waals surface area (Å²) in [6, 6.07) is 6.97. The Hall–Kier alpha value is -2.53. The van der Waals surface area contributed by atoms with Gasteiger partial charge in [0.25, 0.3) is 0 Å². The molecule has 0 saturated heterocycles. The minimum atomic E-state index is -5.17. The Bertz CT molecular complexity index is 1290. The lowest BCUT2D eigenvalue weighted by molar-refractivity contribution is -0.228. The summed E-state index contributed by atoms with van der Waals surface area (Å²) in [5.41, 5.74) is -3.76. The third-order valence-electron chi connectivity index (χ3n) is 7.87. The molecule has 202 valence electrons. The fourth-order valence-corrected chi connectivity index (χ4v) is 8.31. The standard InChI is InChI=1S/C26H28F5NO4S/c1-15(14-33)32-23(34)20-11-12-25(37(35,36)19-7-5-18(27)6-8-19)21-10-4-17(24(2,28)26(29,30)31)13-16(21)3-9-22(20)25/h4-8,10,13,15,20,22,33H,3,9,11-12,14H2,1-2H3,(H,32,34)/t15-,20-,22+,24?,25-/m1/s1. The first kappa shape index (κ1) is 27.5. The number of carbonyl (C=O) groups is 1. The Morgan fingerprint density at radius 3 is 2.38 bits per heavy atom. The van der Waals surface area contributed by atoms with Crippen LogP contribution in [0.4, 0.5) is 22.0 Å². The van der Waals surface area contributed by atoms with E-state index in [0.717, 1.165) is 36.4 Å². The average molecular weight is 546 g/mol. The number of sulfone groups is 1. The number of nitrogens with one attached hydrogen (secondary N) is 1. The fraction of sp³-hybridized carbons (Fsp3) is 0.500. The Morgan fingerprint density at radius 2 is 1.78 bits per heavy atom. The summed E-state index contributed by atoms with van der Waals surface area (Å²) < 4.78 is 95.3. The molecule has 5 atom stereocenters. The van der Waals surface area contributed by atoms with Gasteiger partial charge in [-0.3, -0.25) is 4.79 Å². The second-order valence-corrected chi connectivity index (χ2v) is 12.3. The molecule has 0 bridgehead atoms. The van der Waals surface area contributed by atoms with Gasteiger partial charge in [-0.1, -0.05) is 18.2 Å². The molecule has 1 unspecified atom stereocenters. The highest BCUT2D eigenvalue weighted by Gasteiger charge is 2.62. The van der Waals surface area contributed by atoms with Gasteiger partial charge in [0.2, 0.25) is 11.6 Å². The first-order chi connectivity index (χ1) is 17.2. The molecule has 1 fully saturated rings. The number of carbonyl (C=O) groups excluding carboxylic acids is 1. The highest BCUT2D eigenvalue weighted by molar-refractivity contribution is 7.92. The molecule has 11 heteroatoms. The molecule has 0 aromatic heterocycles. The largest absolute Gasteiger partial charge is 0.426 e. The normalized spacial score (nSPS) is 26.1. The summed E-state index contributed by atoms with van der Waals surface area (Å²) in [5, 5.41) is 12.0. The minimum Gasteiger partial charge on any atom is -0.394 e. The van der Waals surface area contributed by atoms with Crippen molar-refractivity contribution in [3.8, 4) is 0 Å². The molecule has 2 N–H and O–H groups in total. The predicted octanol–water partition coefficient (Wildman–Crippen LogP) is 4.71. The number of halogens is 5. The number of benzene rings is 2. The topological polar surface area (TPSA) is 83.5 Å². The van der Waals surface area contributed by atoms with E-state index in [1.165, 1.54) is 6.07 Å². The Balaban J connectivity index is 1.89. The number of fused-ring (bicyclic) bond motifs is 3. The van der Waals surface area contributed by atoms with Crippen LogP contribution in [0.2, 0.25) is 0 Å². The summed E-state index contributed by atoms with van der Waals surface area (Å²) in [6.45, 7) is 1.71. The number of alkyl halides is 4. The summed E-state index contributed by atoms with van der Waals surface area (Å²) in [6.07, 6.45) is -4.67. The third kappa shape index (κ3) is 4.33. The van der Waals surface area contributed by atoms with Gasteiger partial charge >= 0.3 is 6.18 Å². The first-order valence-electron chi connectivity index (χ1n) is 12.0. The Labute approximate surface area is 212 Å². The van der Waals surface area contributed by atoms with Crippen LogP contribution in [0, 0.1) is 17.7 Å². The molecule has 2 aromatic carbocycles. The molecule has 37 heavy (non-hydrogen) atoms. The molecule has 2 aliphatic carbocycles. The number of hydrogen-bond donors (Lipinski definition) is 2. The molecule has 5 nitrogen and oxygen atoms in total. The zero-order valence-corrected chi connectivity index (χ0v) is 21.1. The highest BCUT2D eigenvalue weighted by atomic mass is 32.2. The fourth-order valence-electron chi connectivity index (χ4n) is 5.84. The van der Waals surface area contributed by atoms with Crippen molar-refractivity contribution in [3.05, 3.63) is 65.0 Å². The number of hydrogen-bond acceptors (Lipinski definition) is 4. The summed E-state index contributed by atoms with van der Waals surface area (Å²) in [7, 11) is -4.28. The second-order valence-electron chi connectivity index (χ2n) is 10.1. The number of aliphatic hydroxyl groups excluding tert-OH is 1. The molecule has 2 aliphatic rings. The van der Waals surface area contributed by atoms with Crippen LogP contribution in [0.25, 0.3) is 0 Å². The minimum absolute atomic E-state index is 0.00147. The molecular weight excluding hydrogens is 517 g/mol. The molecule has 1 amide bonds. The van der Waals surface area contributed by atoms with Gasteiger partial charge in [-0.2, -0.15) is 13.2 Å². The van der Waals surface area contributed by atoms with Crippen molar-refractivity contribution >= 4 is 15.7 Å². The monoisotopic (exact) mass is 545 g/mol. The van der Waals surface area contributed by atoms with Crippen LogP contribution in [0.5, 0.6) is 0 Å². The van der Waals surface area contributed by atoms with Crippen molar-refractivity contribution in [2.24, 2.45) is 11.8 Å². The van der Waals surface area contributed by atoms with Gasteiger partial charge in [0.05, 0.1) is 11.5 Å².